The number of nitrogens with zero attached hydrogens (tertiary/aromatic N) is 1. The average Bonchev–Trinajstić information content (AvgIpc) is 2.49. The summed E-state index contributed by atoms with van der Waals surface area (Å²) in [6.07, 6.45) is 0. The van der Waals surface area contributed by atoms with E-state index in [9.17, 15) is 10.1 Å². The van der Waals surface area contributed by atoms with Gasteiger partial charge in [0.1, 0.15) is 0 Å². The lowest BCUT2D eigenvalue weighted by molar-refractivity contribution is -0.385. The third-order valence-corrected chi connectivity index (χ3v) is 2.06. The summed E-state index contributed by atoms with van der Waals surface area (Å²) in [5.74, 6) is 0. The van der Waals surface area contributed by atoms with E-state index in [4.69, 9.17) is 0 Å². The molecule has 0 spiro atoms. The Bertz CT molecular complexity index is 341. The summed E-state index contributed by atoms with van der Waals surface area (Å²) in [7, 11) is 0. The fraction of sp³-hybridized carbons (Fsp3) is 0.250. The van der Waals surface area contributed by atoms with E-state index in [2.05, 4.69) is 5.32 Å². The quantitative estimate of drug-likeness (QED) is 0.606. The molecule has 1 N–H and O–H groups in total. The Kier molecular flexibility index (Phi) is 3.00. The third-order valence-electron chi connectivity index (χ3n) is 2.06. The van der Waals surface area contributed by atoms with E-state index in [0.29, 0.717) is 6.54 Å². The van der Waals surface area contributed by atoms with Gasteiger partial charge in [0, 0.05) is 24.7 Å². The second-order valence-corrected chi connectivity index (χ2v) is 2.78. The van der Waals surface area contributed by atoms with E-state index in [0.717, 1.165) is 17.7 Å². The Morgan fingerprint density at radius 1 is 1.38 bits per heavy atom. The number of hydrogen-bond donors (Lipinski definition) is 1. The molecule has 1 heterocycles. The maximum Gasteiger partial charge on any atom is 0.274 e. The number of hydrogen-bond acceptors (Lipinski definition) is 3. The van der Waals surface area contributed by atoms with Gasteiger partial charge >= 0.3 is 0 Å². The molecule has 5 heteroatoms. The van der Waals surface area contributed by atoms with Crippen LogP contribution in [0.2, 0.25) is 0 Å². The van der Waals surface area contributed by atoms with Gasteiger partial charge in [-0.3, -0.25) is 10.1 Å². The van der Waals surface area contributed by atoms with Crippen LogP contribution in [0, 0.1) is 10.1 Å². The maximum absolute atomic E-state index is 10.5. The van der Waals surface area contributed by atoms with Crippen molar-refractivity contribution in [3.8, 4) is 0 Å². The molecule has 0 saturated carbocycles. The van der Waals surface area contributed by atoms with Crippen LogP contribution in [0.25, 0.3) is 0 Å². The van der Waals surface area contributed by atoms with Gasteiger partial charge in [-0.2, -0.15) is 0 Å². The van der Waals surface area contributed by atoms with E-state index in [1.807, 2.05) is 6.07 Å². The third kappa shape index (κ3) is 1.71. The number of rotatable bonds is 1. The van der Waals surface area contributed by atoms with Crippen molar-refractivity contribution in [2.45, 2.75) is 13.1 Å². The first-order chi connectivity index (χ1) is 5.79. The average molecular weight is 245 g/mol. The van der Waals surface area contributed by atoms with Gasteiger partial charge in [-0.15, -0.1) is 17.0 Å². The molecular weight excluding hydrogens is 236 g/mol. The number of benzene rings is 1. The zero-order valence-corrected chi connectivity index (χ0v) is 8.53. The van der Waals surface area contributed by atoms with Gasteiger partial charge < -0.3 is 5.32 Å². The second kappa shape index (κ2) is 3.85. The SMILES string of the molecule is Br.O=[N+]([O-])c1cccc2c1CNC2. The van der Waals surface area contributed by atoms with Gasteiger partial charge in [-0.1, -0.05) is 12.1 Å². The van der Waals surface area contributed by atoms with Gasteiger partial charge in [0.25, 0.3) is 5.69 Å². The molecule has 1 aliphatic heterocycles. The van der Waals surface area contributed by atoms with Gasteiger partial charge in [0.05, 0.1) is 4.92 Å². The highest BCUT2D eigenvalue weighted by atomic mass is 79.9. The molecule has 70 valence electrons. The van der Waals surface area contributed by atoms with Gasteiger partial charge in [0.2, 0.25) is 0 Å². The Balaban J connectivity index is 0.000000845. The molecule has 0 bridgehead atoms. The van der Waals surface area contributed by atoms with Crippen LogP contribution in [0.1, 0.15) is 11.1 Å². The van der Waals surface area contributed by atoms with Crippen LogP contribution in [0.4, 0.5) is 5.69 Å². The first kappa shape index (κ1) is 10.1. The predicted octanol–water partition coefficient (Wildman–Crippen LogP) is 1.78. The van der Waals surface area contributed by atoms with Gasteiger partial charge in [-0.25, -0.2) is 0 Å². The van der Waals surface area contributed by atoms with Crippen molar-refractivity contribution in [3.63, 3.8) is 0 Å². The molecule has 1 aromatic carbocycles. The lowest BCUT2D eigenvalue weighted by atomic mass is 10.1. The molecular formula is C8H9BrN2O2. The van der Waals surface area contributed by atoms with Crippen LogP contribution in [-0.2, 0) is 13.1 Å². The first-order valence-electron chi connectivity index (χ1n) is 3.75. The molecule has 0 amide bonds. The standard InChI is InChI=1S/C8H8N2O2.BrH/c11-10(12)8-3-1-2-6-4-9-5-7(6)8;/h1-3,9H,4-5H2;1H. The van der Waals surface area contributed by atoms with Crippen molar-refractivity contribution in [2.24, 2.45) is 0 Å². The largest absolute Gasteiger partial charge is 0.308 e. The number of halogens is 1. The summed E-state index contributed by atoms with van der Waals surface area (Å²) >= 11 is 0. The molecule has 0 aliphatic carbocycles. The molecule has 1 aromatic rings. The Morgan fingerprint density at radius 3 is 2.85 bits per heavy atom. The minimum absolute atomic E-state index is 0. The summed E-state index contributed by atoms with van der Waals surface area (Å²) < 4.78 is 0. The number of nitro benzene ring substituents is 1. The minimum Gasteiger partial charge on any atom is -0.308 e. The summed E-state index contributed by atoms with van der Waals surface area (Å²) in [5, 5.41) is 13.6. The normalized spacial score (nSPS) is 13.2. The van der Waals surface area contributed by atoms with Crippen molar-refractivity contribution < 1.29 is 4.92 Å². The zero-order chi connectivity index (χ0) is 8.55. The van der Waals surface area contributed by atoms with Gasteiger partial charge in [-0.05, 0) is 5.56 Å². The summed E-state index contributed by atoms with van der Waals surface area (Å²) in [6.45, 7) is 1.36. The Hall–Kier alpha value is -0.940. The lowest BCUT2D eigenvalue weighted by Gasteiger charge is -1.97. The molecule has 0 saturated heterocycles. The number of fused-ring (bicyclic) bond motifs is 1. The highest BCUT2D eigenvalue weighted by Crippen LogP contribution is 2.25. The molecule has 0 unspecified atom stereocenters. The molecule has 2 rings (SSSR count). The molecule has 4 nitrogen and oxygen atoms in total. The highest BCUT2D eigenvalue weighted by Gasteiger charge is 2.20. The maximum atomic E-state index is 10.5. The molecule has 13 heavy (non-hydrogen) atoms. The van der Waals surface area contributed by atoms with Crippen LogP contribution in [-0.4, -0.2) is 4.92 Å². The van der Waals surface area contributed by atoms with Crippen molar-refractivity contribution in [1.82, 2.24) is 5.32 Å². The second-order valence-electron chi connectivity index (χ2n) is 2.78. The van der Waals surface area contributed by atoms with E-state index in [-0.39, 0.29) is 27.6 Å². The molecule has 0 aromatic heterocycles. The summed E-state index contributed by atoms with van der Waals surface area (Å²) in [5.41, 5.74) is 2.12. The van der Waals surface area contributed by atoms with Crippen molar-refractivity contribution >= 4 is 22.7 Å². The lowest BCUT2D eigenvalue weighted by Crippen LogP contribution is -2.01. The van der Waals surface area contributed by atoms with E-state index < -0.39 is 0 Å². The van der Waals surface area contributed by atoms with Crippen LogP contribution in [0.5, 0.6) is 0 Å². The summed E-state index contributed by atoms with van der Waals surface area (Å²) in [4.78, 5) is 10.2. The minimum atomic E-state index is -0.328. The van der Waals surface area contributed by atoms with Crippen LogP contribution in [0.15, 0.2) is 18.2 Å². The smallest absolute Gasteiger partial charge is 0.274 e. The fourth-order valence-corrected chi connectivity index (χ4v) is 1.48. The van der Waals surface area contributed by atoms with Crippen molar-refractivity contribution in [3.05, 3.63) is 39.4 Å². The van der Waals surface area contributed by atoms with E-state index >= 15 is 0 Å². The van der Waals surface area contributed by atoms with Gasteiger partial charge in [0.15, 0.2) is 0 Å². The van der Waals surface area contributed by atoms with E-state index in [1.54, 1.807) is 12.1 Å². The topological polar surface area (TPSA) is 55.2 Å². The number of nitro groups is 1. The first-order valence-corrected chi connectivity index (χ1v) is 3.75. The summed E-state index contributed by atoms with van der Waals surface area (Å²) in [6, 6.07) is 5.19. The Morgan fingerprint density at radius 2 is 2.15 bits per heavy atom. The van der Waals surface area contributed by atoms with Crippen molar-refractivity contribution in [2.75, 3.05) is 0 Å². The van der Waals surface area contributed by atoms with Crippen LogP contribution >= 0.6 is 17.0 Å². The van der Waals surface area contributed by atoms with E-state index in [1.165, 1.54) is 0 Å². The molecule has 0 fully saturated rings. The highest BCUT2D eigenvalue weighted by molar-refractivity contribution is 8.93. The zero-order valence-electron chi connectivity index (χ0n) is 6.82. The van der Waals surface area contributed by atoms with Crippen LogP contribution in [0.3, 0.4) is 0 Å². The van der Waals surface area contributed by atoms with Crippen molar-refractivity contribution in [1.29, 1.82) is 0 Å². The number of nitrogens with one attached hydrogen (secondary N) is 1. The molecule has 1 aliphatic rings. The fourth-order valence-electron chi connectivity index (χ4n) is 1.48. The molecule has 0 radical (unpaired) electrons. The molecule has 0 atom stereocenters. The van der Waals surface area contributed by atoms with Crippen LogP contribution < -0.4 is 5.32 Å². The monoisotopic (exact) mass is 244 g/mol. The predicted molar refractivity (Wildman–Crippen MR) is 54.0 cm³/mol. The Labute approximate surface area is 85.9 Å².